The van der Waals surface area contributed by atoms with Crippen LogP contribution in [0.15, 0.2) is 11.6 Å². The van der Waals surface area contributed by atoms with Crippen molar-refractivity contribution in [2.24, 2.45) is 40.4 Å². The Morgan fingerprint density at radius 2 is 1.84 bits per heavy atom. The molecule has 0 radical (unpaired) electrons. The van der Waals surface area contributed by atoms with Crippen molar-refractivity contribution < 1.29 is 10.2 Å². The molecular weight excluding hydrogens is 380 g/mol. The van der Waals surface area contributed by atoms with E-state index in [4.69, 9.17) is 0 Å². The summed E-state index contributed by atoms with van der Waals surface area (Å²) in [6.45, 7) is 13.8. The zero-order valence-corrected chi connectivity index (χ0v) is 21.3. The topological polar surface area (TPSA) is 40.5 Å². The number of allylic oxidation sites excluding steroid dienone is 1. The maximum Gasteiger partial charge on any atom is 0.0682 e. The van der Waals surface area contributed by atoms with Gasteiger partial charge in [0.25, 0.3) is 0 Å². The van der Waals surface area contributed by atoms with Crippen LogP contribution >= 0.6 is 0 Å². The summed E-state index contributed by atoms with van der Waals surface area (Å²) in [4.78, 5) is 0. The zero-order valence-electron chi connectivity index (χ0n) is 21.3. The molecule has 4 rings (SSSR count). The predicted octanol–water partition coefficient (Wildman–Crippen LogP) is 7.28. The molecule has 178 valence electrons. The Morgan fingerprint density at radius 3 is 2.52 bits per heavy atom. The van der Waals surface area contributed by atoms with Crippen molar-refractivity contribution in [3.63, 3.8) is 0 Å². The molecule has 0 heterocycles. The van der Waals surface area contributed by atoms with Crippen LogP contribution in [0.2, 0.25) is 0 Å². The van der Waals surface area contributed by atoms with Crippen LogP contribution in [-0.4, -0.2) is 21.4 Å². The molecule has 3 fully saturated rings. The highest BCUT2D eigenvalue weighted by Crippen LogP contribution is 2.67. The van der Waals surface area contributed by atoms with Gasteiger partial charge in [0, 0.05) is 0 Å². The lowest BCUT2D eigenvalue weighted by molar-refractivity contribution is -0.0486. The van der Waals surface area contributed by atoms with E-state index in [-0.39, 0.29) is 0 Å². The Balaban J connectivity index is 1.54. The van der Waals surface area contributed by atoms with Crippen LogP contribution in [0.1, 0.15) is 119 Å². The molecule has 0 saturated heterocycles. The van der Waals surface area contributed by atoms with E-state index in [1.165, 1.54) is 44.9 Å². The second-order valence-electron chi connectivity index (χ2n) is 13.4. The minimum absolute atomic E-state index is 0.314. The molecule has 0 amide bonds. The number of fused-ring (bicyclic) bond motifs is 5. The highest BCUT2D eigenvalue weighted by atomic mass is 16.3. The highest BCUT2D eigenvalue weighted by Gasteiger charge is 2.59. The van der Waals surface area contributed by atoms with Crippen molar-refractivity contribution in [2.45, 2.75) is 130 Å². The van der Waals surface area contributed by atoms with E-state index in [0.29, 0.717) is 16.7 Å². The van der Waals surface area contributed by atoms with Crippen molar-refractivity contribution in [1.29, 1.82) is 0 Å². The molecule has 2 N–H and O–H groups in total. The summed E-state index contributed by atoms with van der Waals surface area (Å²) in [7, 11) is 0. The third-order valence-electron chi connectivity index (χ3n) is 11.1. The summed E-state index contributed by atoms with van der Waals surface area (Å²) in [5, 5.41) is 21.4. The van der Waals surface area contributed by atoms with Crippen LogP contribution in [0.4, 0.5) is 0 Å². The van der Waals surface area contributed by atoms with Gasteiger partial charge in [0.2, 0.25) is 0 Å². The van der Waals surface area contributed by atoms with E-state index in [0.717, 1.165) is 55.8 Å². The van der Waals surface area contributed by atoms with Gasteiger partial charge in [0.1, 0.15) is 0 Å². The lowest BCUT2D eigenvalue weighted by atomic mass is 9.48. The van der Waals surface area contributed by atoms with E-state index < -0.39 is 11.2 Å². The maximum absolute atomic E-state index is 11.1. The summed E-state index contributed by atoms with van der Waals surface area (Å²) < 4.78 is 0. The molecule has 0 aromatic rings. The first-order valence-corrected chi connectivity index (χ1v) is 13.6. The fourth-order valence-corrected chi connectivity index (χ4v) is 9.06. The van der Waals surface area contributed by atoms with Crippen LogP contribution in [0, 0.1) is 40.4 Å². The number of hydrogen-bond acceptors (Lipinski definition) is 2. The quantitative estimate of drug-likeness (QED) is 0.450. The monoisotopic (exact) mass is 430 g/mol. The average Bonchev–Trinajstić information content (AvgIpc) is 2.98. The lowest BCUT2D eigenvalue weighted by Crippen LogP contribution is -2.49. The van der Waals surface area contributed by atoms with Crippen molar-refractivity contribution in [3.8, 4) is 0 Å². The first-order chi connectivity index (χ1) is 14.4. The van der Waals surface area contributed by atoms with Gasteiger partial charge in [-0.25, -0.2) is 0 Å². The average molecular weight is 431 g/mol. The van der Waals surface area contributed by atoms with Gasteiger partial charge in [-0.3, -0.25) is 0 Å². The fourth-order valence-electron chi connectivity index (χ4n) is 9.06. The van der Waals surface area contributed by atoms with Gasteiger partial charge >= 0.3 is 0 Å². The SMILES string of the molecule is CC[C@@]1(O)CCC[C@@]2(C)C(=CC[C@H]3[C@@H]4CC[C@H]([C@H](C)CCC(C)(C)O)[C@@]4(C)CC[C@@H]32)C1. The molecule has 3 saturated carbocycles. The normalized spacial score (nSPS) is 46.4. The molecule has 2 nitrogen and oxygen atoms in total. The van der Waals surface area contributed by atoms with E-state index in [1.54, 1.807) is 5.57 Å². The van der Waals surface area contributed by atoms with E-state index in [1.807, 2.05) is 13.8 Å². The van der Waals surface area contributed by atoms with Crippen LogP contribution < -0.4 is 0 Å². The molecule has 4 aliphatic carbocycles. The second kappa shape index (κ2) is 8.15. The Kier molecular flexibility index (Phi) is 6.26. The number of hydrogen-bond donors (Lipinski definition) is 2. The predicted molar refractivity (Wildman–Crippen MR) is 130 cm³/mol. The van der Waals surface area contributed by atoms with Crippen molar-refractivity contribution >= 4 is 0 Å². The van der Waals surface area contributed by atoms with Crippen LogP contribution in [0.3, 0.4) is 0 Å². The maximum atomic E-state index is 11.1. The fraction of sp³-hybridized carbons (Fsp3) is 0.931. The van der Waals surface area contributed by atoms with Gasteiger partial charge in [-0.15, -0.1) is 0 Å². The van der Waals surface area contributed by atoms with Crippen LogP contribution in [0.25, 0.3) is 0 Å². The largest absolute Gasteiger partial charge is 0.390 e. The Labute approximate surface area is 192 Å². The molecule has 31 heavy (non-hydrogen) atoms. The standard InChI is InChI=1S/C29H50O2/c1-7-29(31)16-8-15-27(5)21(19-29)9-10-22-24-12-11-23(20(2)13-17-26(3,4)30)28(24,6)18-14-25(22)27/h9,20,22-25,30-31H,7-8,10-19H2,1-6H3/t20-,22+,23-,24+,25+,27+,28-,29-/m1/s1. The Morgan fingerprint density at radius 1 is 1.10 bits per heavy atom. The number of rotatable bonds is 5. The number of aliphatic hydroxyl groups is 2. The van der Waals surface area contributed by atoms with Gasteiger partial charge in [-0.05, 0) is 131 Å². The first kappa shape index (κ1) is 23.8. The van der Waals surface area contributed by atoms with Gasteiger partial charge < -0.3 is 10.2 Å². The summed E-state index contributed by atoms with van der Waals surface area (Å²) in [6, 6.07) is 0. The molecule has 0 bridgehead atoms. The minimum Gasteiger partial charge on any atom is -0.390 e. The molecule has 4 aliphatic rings. The first-order valence-electron chi connectivity index (χ1n) is 13.6. The van der Waals surface area contributed by atoms with Crippen molar-refractivity contribution in [3.05, 3.63) is 11.6 Å². The second-order valence-corrected chi connectivity index (χ2v) is 13.4. The van der Waals surface area contributed by atoms with Gasteiger partial charge in [-0.2, -0.15) is 0 Å². The van der Waals surface area contributed by atoms with Gasteiger partial charge in [0.15, 0.2) is 0 Å². The molecule has 2 heteroatoms. The minimum atomic E-state index is -0.538. The van der Waals surface area contributed by atoms with E-state index in [2.05, 4.69) is 33.8 Å². The van der Waals surface area contributed by atoms with Crippen LogP contribution in [-0.2, 0) is 0 Å². The molecule has 0 unspecified atom stereocenters. The Bertz CT molecular complexity index is 689. The Hall–Kier alpha value is -0.340. The zero-order chi connectivity index (χ0) is 22.7. The summed E-state index contributed by atoms with van der Waals surface area (Å²) in [6.07, 6.45) is 16.7. The van der Waals surface area contributed by atoms with E-state index >= 15 is 0 Å². The molecule has 0 aromatic heterocycles. The van der Waals surface area contributed by atoms with Crippen molar-refractivity contribution in [1.82, 2.24) is 0 Å². The molecular formula is C29H50O2. The smallest absolute Gasteiger partial charge is 0.0682 e. The highest BCUT2D eigenvalue weighted by molar-refractivity contribution is 5.25. The molecule has 0 spiro atoms. The molecule has 0 aliphatic heterocycles. The molecule has 8 atom stereocenters. The third kappa shape index (κ3) is 4.18. The summed E-state index contributed by atoms with van der Waals surface area (Å²) in [5.74, 6) is 4.05. The van der Waals surface area contributed by atoms with E-state index in [9.17, 15) is 10.2 Å². The summed E-state index contributed by atoms with van der Waals surface area (Å²) in [5.41, 5.74) is 1.40. The van der Waals surface area contributed by atoms with Gasteiger partial charge in [-0.1, -0.05) is 39.3 Å². The van der Waals surface area contributed by atoms with Crippen molar-refractivity contribution in [2.75, 3.05) is 0 Å². The van der Waals surface area contributed by atoms with Gasteiger partial charge in [0.05, 0.1) is 11.2 Å². The van der Waals surface area contributed by atoms with Crippen LogP contribution in [0.5, 0.6) is 0 Å². The molecule has 0 aromatic carbocycles. The summed E-state index contributed by atoms with van der Waals surface area (Å²) >= 11 is 0. The third-order valence-corrected chi connectivity index (χ3v) is 11.1. The lowest BCUT2D eigenvalue weighted by Gasteiger charge is -2.57.